The molecule has 0 aliphatic carbocycles. The molecule has 1 aromatic rings. The molecule has 4 nitrogen and oxygen atoms in total. The van der Waals surface area contributed by atoms with E-state index >= 15 is 0 Å². The smallest absolute Gasteiger partial charge is 0.227 e. The van der Waals surface area contributed by atoms with Crippen LogP contribution in [0, 0.1) is 5.92 Å². The van der Waals surface area contributed by atoms with Crippen LogP contribution in [0.2, 0.25) is 0 Å². The lowest BCUT2D eigenvalue weighted by molar-refractivity contribution is -0.136. The summed E-state index contributed by atoms with van der Waals surface area (Å²) in [4.78, 5) is 14.8. The Morgan fingerprint density at radius 2 is 1.70 bits per heavy atom. The summed E-state index contributed by atoms with van der Waals surface area (Å²) in [6, 6.07) is 7.32. The summed E-state index contributed by atoms with van der Waals surface area (Å²) in [6.07, 6.45) is 1.65. The third-order valence-corrected chi connectivity index (χ3v) is 4.74. The minimum Gasteiger partial charge on any atom is -0.339 e. The van der Waals surface area contributed by atoms with Crippen LogP contribution in [-0.2, 0) is 15.6 Å². The number of carbonyl (C=O) groups excluding carboxylic acids is 1. The second kappa shape index (κ2) is 6.99. The minimum atomic E-state index is -0.981. The van der Waals surface area contributed by atoms with Crippen LogP contribution in [0.1, 0.15) is 32.4 Å². The quantitative estimate of drug-likeness (QED) is 0.903. The van der Waals surface area contributed by atoms with Crippen molar-refractivity contribution in [3.05, 3.63) is 29.8 Å². The van der Waals surface area contributed by atoms with Gasteiger partial charge >= 0.3 is 0 Å². The summed E-state index contributed by atoms with van der Waals surface area (Å²) < 4.78 is 11.4. The molecule has 1 amide bonds. The Morgan fingerprint density at radius 1 is 1.20 bits per heavy atom. The first-order valence-corrected chi connectivity index (χ1v) is 8.27. The van der Waals surface area contributed by atoms with Crippen LogP contribution in [0.5, 0.6) is 0 Å². The molecule has 0 aliphatic rings. The zero-order valence-electron chi connectivity index (χ0n) is 12.8. The lowest BCUT2D eigenvalue weighted by atomic mass is 10.0. The largest absolute Gasteiger partial charge is 0.339 e. The maximum Gasteiger partial charge on any atom is 0.227 e. The number of hydrogen-bond donors (Lipinski definition) is 1. The molecule has 0 spiro atoms. The van der Waals surface area contributed by atoms with Gasteiger partial charge in [-0.15, -0.1) is 0 Å². The van der Waals surface area contributed by atoms with Crippen molar-refractivity contribution in [2.75, 3.05) is 13.3 Å². The lowest BCUT2D eigenvalue weighted by Gasteiger charge is -2.29. The standard InChI is InChI=1S/C15H24N2O2S/c1-10(11(2)16)15(18)17(4)12(3)13-6-8-14(9-7-13)20(5)19/h6-12H,16H2,1-5H3. The second-order valence-corrected chi connectivity index (χ2v) is 6.68. The Labute approximate surface area is 123 Å². The summed E-state index contributed by atoms with van der Waals surface area (Å²) in [5.41, 5.74) is 6.81. The van der Waals surface area contributed by atoms with E-state index in [-0.39, 0.29) is 23.9 Å². The molecular formula is C15H24N2O2S. The van der Waals surface area contributed by atoms with Crippen molar-refractivity contribution < 1.29 is 9.00 Å². The fourth-order valence-corrected chi connectivity index (χ4v) is 2.42. The average Bonchev–Trinajstić information content (AvgIpc) is 2.44. The van der Waals surface area contributed by atoms with Crippen LogP contribution in [0.25, 0.3) is 0 Å². The number of benzene rings is 1. The van der Waals surface area contributed by atoms with E-state index in [4.69, 9.17) is 5.73 Å². The van der Waals surface area contributed by atoms with Gasteiger partial charge in [-0.2, -0.15) is 0 Å². The second-order valence-electron chi connectivity index (χ2n) is 5.30. The highest BCUT2D eigenvalue weighted by Crippen LogP contribution is 2.22. The Hall–Kier alpha value is -1.20. The molecule has 4 unspecified atom stereocenters. The highest BCUT2D eigenvalue weighted by atomic mass is 32.2. The molecule has 0 aliphatic heterocycles. The van der Waals surface area contributed by atoms with Gasteiger partial charge in [-0.05, 0) is 31.5 Å². The molecule has 5 heteroatoms. The van der Waals surface area contributed by atoms with Gasteiger partial charge in [0.05, 0.1) is 12.0 Å². The van der Waals surface area contributed by atoms with E-state index in [1.165, 1.54) is 0 Å². The Balaban J connectivity index is 2.86. The van der Waals surface area contributed by atoms with Crippen LogP contribution in [0.3, 0.4) is 0 Å². The number of nitrogens with two attached hydrogens (primary N) is 1. The first-order valence-electron chi connectivity index (χ1n) is 6.71. The van der Waals surface area contributed by atoms with Gasteiger partial charge < -0.3 is 10.6 Å². The van der Waals surface area contributed by atoms with E-state index in [1.54, 1.807) is 18.2 Å². The molecule has 1 aromatic carbocycles. The van der Waals surface area contributed by atoms with E-state index in [2.05, 4.69) is 0 Å². The van der Waals surface area contributed by atoms with E-state index in [0.29, 0.717) is 0 Å². The van der Waals surface area contributed by atoms with Crippen molar-refractivity contribution >= 4 is 16.7 Å². The van der Waals surface area contributed by atoms with Gasteiger partial charge in [0.1, 0.15) is 0 Å². The summed E-state index contributed by atoms with van der Waals surface area (Å²) in [5.74, 6) is -0.166. The van der Waals surface area contributed by atoms with Crippen LogP contribution in [0.4, 0.5) is 0 Å². The Bertz CT molecular complexity index is 485. The molecule has 112 valence electrons. The van der Waals surface area contributed by atoms with Gasteiger partial charge in [0.15, 0.2) is 0 Å². The monoisotopic (exact) mass is 296 g/mol. The maximum atomic E-state index is 12.3. The lowest BCUT2D eigenvalue weighted by Crippen LogP contribution is -2.40. The minimum absolute atomic E-state index is 0.0376. The molecule has 20 heavy (non-hydrogen) atoms. The van der Waals surface area contributed by atoms with Crippen molar-refractivity contribution in [2.24, 2.45) is 11.7 Å². The highest BCUT2D eigenvalue weighted by molar-refractivity contribution is 7.84. The van der Waals surface area contributed by atoms with E-state index < -0.39 is 10.8 Å². The van der Waals surface area contributed by atoms with Gasteiger partial charge in [-0.3, -0.25) is 9.00 Å². The molecule has 1 rings (SSSR count). The fourth-order valence-electron chi connectivity index (χ4n) is 1.90. The normalized spacial score (nSPS) is 17.1. The average molecular weight is 296 g/mol. The van der Waals surface area contributed by atoms with Crippen molar-refractivity contribution in [1.29, 1.82) is 0 Å². The highest BCUT2D eigenvalue weighted by Gasteiger charge is 2.24. The van der Waals surface area contributed by atoms with Gasteiger partial charge in [0, 0.05) is 35.0 Å². The zero-order valence-corrected chi connectivity index (χ0v) is 13.6. The number of hydrogen-bond acceptors (Lipinski definition) is 3. The molecule has 0 heterocycles. The third kappa shape index (κ3) is 3.90. The first kappa shape index (κ1) is 16.9. The number of amides is 1. The molecule has 0 aromatic heterocycles. The van der Waals surface area contributed by atoms with Gasteiger partial charge in [-0.1, -0.05) is 19.1 Å². The Morgan fingerprint density at radius 3 is 2.10 bits per heavy atom. The molecule has 0 fully saturated rings. The van der Waals surface area contributed by atoms with Crippen molar-refractivity contribution in [2.45, 2.75) is 37.8 Å². The predicted octanol–water partition coefficient (Wildman–Crippen LogP) is 1.93. The molecular weight excluding hydrogens is 272 g/mol. The zero-order chi connectivity index (χ0) is 15.4. The fraction of sp³-hybridized carbons (Fsp3) is 0.533. The topological polar surface area (TPSA) is 63.4 Å². The van der Waals surface area contributed by atoms with Crippen molar-refractivity contribution in [3.63, 3.8) is 0 Å². The van der Waals surface area contributed by atoms with Crippen molar-refractivity contribution in [1.82, 2.24) is 4.90 Å². The molecule has 2 N–H and O–H groups in total. The third-order valence-electron chi connectivity index (χ3n) is 3.80. The van der Waals surface area contributed by atoms with E-state index in [0.717, 1.165) is 10.5 Å². The Kier molecular flexibility index (Phi) is 5.89. The molecule has 0 saturated carbocycles. The molecule has 0 bridgehead atoms. The van der Waals surface area contributed by atoms with E-state index in [9.17, 15) is 9.00 Å². The summed E-state index contributed by atoms with van der Waals surface area (Å²) in [7, 11) is 0.809. The summed E-state index contributed by atoms with van der Waals surface area (Å²) >= 11 is 0. The van der Waals surface area contributed by atoms with Gasteiger partial charge in [-0.25, -0.2) is 0 Å². The van der Waals surface area contributed by atoms with Crippen LogP contribution in [0.15, 0.2) is 29.2 Å². The first-order chi connectivity index (χ1) is 9.25. The van der Waals surface area contributed by atoms with Crippen molar-refractivity contribution in [3.8, 4) is 0 Å². The SMILES string of the molecule is CC(N)C(C)C(=O)N(C)C(C)c1ccc(S(C)=O)cc1. The molecule has 0 saturated heterocycles. The maximum absolute atomic E-state index is 12.3. The van der Waals surface area contributed by atoms with Crippen LogP contribution < -0.4 is 5.73 Å². The van der Waals surface area contributed by atoms with Gasteiger partial charge in [0.25, 0.3) is 0 Å². The summed E-state index contributed by atoms with van der Waals surface area (Å²) in [5, 5.41) is 0. The van der Waals surface area contributed by atoms with Crippen LogP contribution >= 0.6 is 0 Å². The summed E-state index contributed by atoms with van der Waals surface area (Å²) in [6.45, 7) is 5.66. The number of rotatable bonds is 5. The van der Waals surface area contributed by atoms with Gasteiger partial charge in [0.2, 0.25) is 5.91 Å². The van der Waals surface area contributed by atoms with Crippen LogP contribution in [-0.4, -0.2) is 34.4 Å². The molecule has 0 radical (unpaired) electrons. The number of nitrogens with zero attached hydrogens (tertiary/aromatic N) is 1. The predicted molar refractivity (Wildman–Crippen MR) is 82.8 cm³/mol. The molecule has 4 atom stereocenters. The van der Waals surface area contributed by atoms with E-state index in [1.807, 2.05) is 45.0 Å². The number of carbonyl (C=O) groups is 1.